The molecular weight excluding hydrogens is 372 g/mol. The molecule has 0 fully saturated rings. The molecule has 140 valence electrons. The van der Waals surface area contributed by atoms with Gasteiger partial charge in [-0.05, 0) is 30.3 Å². The van der Waals surface area contributed by atoms with E-state index in [0.717, 1.165) is 5.52 Å². The molecule has 0 aliphatic rings. The van der Waals surface area contributed by atoms with Gasteiger partial charge in [0.1, 0.15) is 11.3 Å². The van der Waals surface area contributed by atoms with Crippen LogP contribution in [-0.4, -0.2) is 30.6 Å². The van der Waals surface area contributed by atoms with Crippen LogP contribution in [0.2, 0.25) is 5.02 Å². The number of fused-ring (bicyclic) bond motifs is 1. The van der Waals surface area contributed by atoms with Gasteiger partial charge < -0.3 is 19.2 Å². The highest BCUT2D eigenvalue weighted by molar-refractivity contribution is 6.32. The van der Waals surface area contributed by atoms with Crippen LogP contribution >= 0.6 is 11.6 Å². The molecule has 0 unspecified atom stereocenters. The number of hydrogen-bond donors (Lipinski definition) is 1. The van der Waals surface area contributed by atoms with Crippen molar-refractivity contribution in [2.24, 2.45) is 0 Å². The summed E-state index contributed by atoms with van der Waals surface area (Å²) in [5.74, 6) is -0.0302. The van der Waals surface area contributed by atoms with Crippen LogP contribution in [0.4, 0.5) is 5.69 Å². The summed E-state index contributed by atoms with van der Waals surface area (Å²) in [4.78, 5) is 28.0. The fourth-order valence-corrected chi connectivity index (χ4v) is 2.65. The number of oxazole rings is 1. The lowest BCUT2D eigenvalue weighted by Gasteiger charge is -2.08. The Kier molecular flexibility index (Phi) is 5.93. The summed E-state index contributed by atoms with van der Waals surface area (Å²) in [6, 6.07) is 12.2. The van der Waals surface area contributed by atoms with Crippen molar-refractivity contribution in [3.63, 3.8) is 0 Å². The number of anilines is 1. The SMILES string of the molecule is COc1ccc(NC(=O)COC(=O)CCc2nc3ccccc3o2)cc1Cl. The molecule has 8 heteroatoms. The average Bonchev–Trinajstić information content (AvgIpc) is 3.08. The molecule has 0 saturated heterocycles. The summed E-state index contributed by atoms with van der Waals surface area (Å²) in [5.41, 5.74) is 1.88. The third kappa shape index (κ3) is 4.98. The Hall–Kier alpha value is -3.06. The normalized spacial score (nSPS) is 10.6. The molecular formula is C19H17ClN2O5. The van der Waals surface area contributed by atoms with Crippen molar-refractivity contribution in [2.75, 3.05) is 19.0 Å². The highest BCUT2D eigenvalue weighted by Gasteiger charge is 2.12. The van der Waals surface area contributed by atoms with E-state index in [0.29, 0.717) is 34.4 Å². The lowest BCUT2D eigenvalue weighted by atomic mass is 10.3. The maximum atomic E-state index is 11.9. The second kappa shape index (κ2) is 8.55. The molecule has 1 amide bonds. The zero-order chi connectivity index (χ0) is 19.2. The quantitative estimate of drug-likeness (QED) is 0.622. The Morgan fingerprint density at radius 2 is 2.04 bits per heavy atom. The number of hydrogen-bond acceptors (Lipinski definition) is 6. The van der Waals surface area contributed by atoms with Gasteiger partial charge in [0.2, 0.25) is 0 Å². The number of para-hydroxylation sites is 2. The zero-order valence-electron chi connectivity index (χ0n) is 14.5. The Morgan fingerprint density at radius 3 is 2.78 bits per heavy atom. The predicted molar refractivity (Wildman–Crippen MR) is 99.9 cm³/mol. The van der Waals surface area contributed by atoms with Gasteiger partial charge in [-0.15, -0.1) is 0 Å². The molecule has 1 heterocycles. The van der Waals surface area contributed by atoms with Crippen LogP contribution in [0.15, 0.2) is 46.9 Å². The summed E-state index contributed by atoms with van der Waals surface area (Å²) >= 11 is 5.99. The minimum atomic E-state index is -0.514. The van der Waals surface area contributed by atoms with Crippen LogP contribution in [0, 0.1) is 0 Å². The molecule has 0 spiro atoms. The van der Waals surface area contributed by atoms with Crippen molar-refractivity contribution in [3.05, 3.63) is 53.4 Å². The number of nitrogens with one attached hydrogen (secondary N) is 1. The molecule has 7 nitrogen and oxygen atoms in total. The van der Waals surface area contributed by atoms with Crippen molar-refractivity contribution in [1.29, 1.82) is 0 Å². The number of carbonyl (C=O) groups excluding carboxylic acids is 2. The first-order valence-corrected chi connectivity index (χ1v) is 8.56. The number of nitrogens with zero attached hydrogens (tertiary/aromatic N) is 1. The van der Waals surface area contributed by atoms with Gasteiger partial charge in [-0.3, -0.25) is 9.59 Å². The van der Waals surface area contributed by atoms with Gasteiger partial charge in [0.25, 0.3) is 5.91 Å². The monoisotopic (exact) mass is 388 g/mol. The smallest absolute Gasteiger partial charge is 0.306 e. The molecule has 0 bridgehead atoms. The molecule has 0 aliphatic carbocycles. The second-order valence-corrected chi connectivity index (χ2v) is 6.04. The van der Waals surface area contributed by atoms with E-state index in [1.807, 2.05) is 18.2 Å². The van der Waals surface area contributed by atoms with E-state index in [2.05, 4.69) is 10.3 Å². The molecule has 27 heavy (non-hydrogen) atoms. The molecule has 0 saturated carbocycles. The van der Waals surface area contributed by atoms with Crippen LogP contribution < -0.4 is 10.1 Å². The summed E-state index contributed by atoms with van der Waals surface area (Å²) in [6.45, 7) is -0.393. The van der Waals surface area contributed by atoms with E-state index in [9.17, 15) is 9.59 Å². The van der Waals surface area contributed by atoms with Crippen molar-refractivity contribution >= 4 is 40.3 Å². The topological polar surface area (TPSA) is 90.7 Å². The van der Waals surface area contributed by atoms with Crippen LogP contribution in [0.1, 0.15) is 12.3 Å². The van der Waals surface area contributed by atoms with Crippen molar-refractivity contribution < 1.29 is 23.5 Å². The highest BCUT2D eigenvalue weighted by Crippen LogP contribution is 2.27. The average molecular weight is 389 g/mol. The van der Waals surface area contributed by atoms with Gasteiger partial charge in [-0.1, -0.05) is 23.7 Å². The van der Waals surface area contributed by atoms with E-state index in [1.54, 1.807) is 24.3 Å². The second-order valence-electron chi connectivity index (χ2n) is 5.63. The van der Waals surface area contributed by atoms with E-state index in [1.165, 1.54) is 7.11 Å². The van der Waals surface area contributed by atoms with Gasteiger partial charge in [-0.2, -0.15) is 0 Å². The largest absolute Gasteiger partial charge is 0.495 e. The number of halogens is 1. The zero-order valence-corrected chi connectivity index (χ0v) is 15.3. The molecule has 1 N–H and O–H groups in total. The van der Waals surface area contributed by atoms with E-state index < -0.39 is 18.5 Å². The van der Waals surface area contributed by atoms with Gasteiger partial charge in [0, 0.05) is 12.1 Å². The van der Waals surface area contributed by atoms with E-state index in [-0.39, 0.29) is 6.42 Å². The van der Waals surface area contributed by atoms with Crippen molar-refractivity contribution in [2.45, 2.75) is 12.8 Å². The Bertz CT molecular complexity index is 937. The minimum Gasteiger partial charge on any atom is -0.495 e. The van der Waals surface area contributed by atoms with Crippen molar-refractivity contribution in [3.8, 4) is 5.75 Å². The van der Waals surface area contributed by atoms with Gasteiger partial charge >= 0.3 is 5.97 Å². The Labute approximate surface area is 160 Å². The summed E-state index contributed by atoms with van der Waals surface area (Å²) in [7, 11) is 1.50. The number of carbonyl (C=O) groups is 2. The van der Waals surface area contributed by atoms with Crippen LogP contribution in [-0.2, 0) is 20.7 Å². The third-order valence-corrected chi connectivity index (χ3v) is 3.98. The fraction of sp³-hybridized carbons (Fsp3) is 0.211. The molecule has 3 rings (SSSR count). The first-order valence-electron chi connectivity index (χ1n) is 8.18. The lowest BCUT2D eigenvalue weighted by molar-refractivity contribution is -0.147. The van der Waals surface area contributed by atoms with Crippen molar-refractivity contribution in [1.82, 2.24) is 4.98 Å². The highest BCUT2D eigenvalue weighted by atomic mass is 35.5. The summed E-state index contributed by atoms with van der Waals surface area (Å²) in [5, 5.41) is 2.96. The molecule has 2 aromatic carbocycles. The van der Waals surface area contributed by atoms with Gasteiger partial charge in [-0.25, -0.2) is 4.98 Å². The van der Waals surface area contributed by atoms with Crippen LogP contribution in [0.25, 0.3) is 11.1 Å². The number of benzene rings is 2. The molecule has 0 radical (unpaired) electrons. The van der Waals surface area contributed by atoms with Crippen LogP contribution in [0.3, 0.4) is 0 Å². The number of aromatic nitrogens is 1. The molecule has 0 atom stereocenters. The Morgan fingerprint density at radius 1 is 1.22 bits per heavy atom. The van der Waals surface area contributed by atoms with Gasteiger partial charge in [0.15, 0.2) is 18.1 Å². The number of methoxy groups -OCH3 is 1. The first-order chi connectivity index (χ1) is 13.0. The predicted octanol–water partition coefficient (Wildman–Crippen LogP) is 3.60. The maximum Gasteiger partial charge on any atom is 0.306 e. The Balaban J connectivity index is 1.44. The third-order valence-electron chi connectivity index (χ3n) is 3.68. The lowest BCUT2D eigenvalue weighted by Crippen LogP contribution is -2.21. The first kappa shape index (κ1) is 18.7. The number of ether oxygens (including phenoxy) is 2. The number of amides is 1. The molecule has 0 aliphatic heterocycles. The minimum absolute atomic E-state index is 0.0640. The summed E-state index contributed by atoms with van der Waals surface area (Å²) in [6.07, 6.45) is 0.359. The van der Waals surface area contributed by atoms with Gasteiger partial charge in [0.05, 0.1) is 18.6 Å². The van der Waals surface area contributed by atoms with E-state index in [4.69, 9.17) is 25.5 Å². The number of aryl methyl sites for hydroxylation is 1. The fourth-order valence-electron chi connectivity index (χ4n) is 2.40. The van der Waals surface area contributed by atoms with E-state index >= 15 is 0 Å². The maximum absolute atomic E-state index is 11.9. The standard InChI is InChI=1S/C19H17ClN2O5/c1-25-15-7-6-12(10-13(15)20)21-17(23)11-26-19(24)9-8-18-22-14-4-2-3-5-16(14)27-18/h2-7,10H,8-9,11H2,1H3,(H,21,23). The summed E-state index contributed by atoms with van der Waals surface area (Å²) < 4.78 is 15.5. The number of rotatable bonds is 7. The van der Waals surface area contributed by atoms with Crippen LogP contribution in [0.5, 0.6) is 5.75 Å². The molecule has 3 aromatic rings. The number of esters is 1. The molecule has 1 aromatic heterocycles.